The second-order valence-corrected chi connectivity index (χ2v) is 12.2. The molecule has 4 rings (SSSR count). The first kappa shape index (κ1) is 32.0. The summed E-state index contributed by atoms with van der Waals surface area (Å²) in [5.74, 6) is -2.31. The van der Waals surface area contributed by atoms with Gasteiger partial charge in [0, 0.05) is 24.0 Å². The number of ketones is 1. The first-order valence-electron chi connectivity index (χ1n) is 13.1. The van der Waals surface area contributed by atoms with E-state index in [1.165, 1.54) is 19.2 Å². The molecule has 0 radical (unpaired) electrons. The molecule has 0 unspecified atom stereocenters. The lowest BCUT2D eigenvalue weighted by atomic mass is 9.40. The monoisotopic (exact) mass is 582 g/mol. The first-order valence-corrected chi connectivity index (χ1v) is 13.1. The van der Waals surface area contributed by atoms with Crippen molar-refractivity contribution in [1.29, 1.82) is 0 Å². The number of aromatic nitrogens is 1. The van der Waals surface area contributed by atoms with Crippen molar-refractivity contribution in [2.75, 3.05) is 0 Å². The van der Waals surface area contributed by atoms with Gasteiger partial charge in [0.05, 0.1) is 29.9 Å². The first-order chi connectivity index (χ1) is 18.1. The highest BCUT2D eigenvalue weighted by Gasteiger charge is 2.81. The number of hydrogen-bond acceptors (Lipinski definition) is 10. The molecular formula is C28H39ClN2O9. The van der Waals surface area contributed by atoms with Gasteiger partial charge in [0.25, 0.3) is 0 Å². The van der Waals surface area contributed by atoms with Crippen LogP contribution < -0.4 is 5.48 Å². The molecule has 1 aliphatic heterocycles. The Morgan fingerprint density at radius 1 is 1.23 bits per heavy atom. The molecule has 3 aliphatic rings. The molecule has 1 amide bonds. The number of ether oxygens (including phenoxy) is 2. The lowest BCUT2D eigenvalue weighted by Gasteiger charge is -2.71. The molecule has 2 aliphatic carbocycles. The number of halogens is 1. The lowest BCUT2D eigenvalue weighted by Crippen LogP contribution is -2.86. The minimum atomic E-state index is -2.36. The van der Waals surface area contributed by atoms with Crippen molar-refractivity contribution in [1.82, 2.24) is 10.5 Å². The smallest absolute Gasteiger partial charge is 0.438 e. The minimum absolute atomic E-state index is 0. The number of carbonyl (C=O) groups is 3. The third-order valence-corrected chi connectivity index (χ3v) is 9.26. The van der Waals surface area contributed by atoms with E-state index in [2.05, 4.69) is 11.6 Å². The summed E-state index contributed by atoms with van der Waals surface area (Å²) in [6, 6.07) is 5.00. The van der Waals surface area contributed by atoms with Crippen molar-refractivity contribution in [3.8, 4) is 0 Å². The quantitative estimate of drug-likeness (QED) is 0.305. The highest BCUT2D eigenvalue weighted by atomic mass is 35.5. The Hall–Kier alpha value is -2.57. The van der Waals surface area contributed by atoms with Gasteiger partial charge in [-0.1, -0.05) is 32.9 Å². The number of rotatable bonds is 4. The van der Waals surface area contributed by atoms with Crippen LogP contribution in [0.25, 0.3) is 0 Å². The van der Waals surface area contributed by atoms with Crippen LogP contribution in [0.5, 0.6) is 0 Å². The normalized spacial score (nSPS) is 40.0. The Bertz CT molecular complexity index is 1170. The molecular weight excluding hydrogens is 544 g/mol. The number of fused-ring (bicyclic) bond motifs is 3. The van der Waals surface area contributed by atoms with Gasteiger partial charge < -0.3 is 29.6 Å². The summed E-state index contributed by atoms with van der Waals surface area (Å²) in [4.78, 5) is 47.8. The van der Waals surface area contributed by atoms with Gasteiger partial charge in [0.2, 0.25) is 0 Å². The summed E-state index contributed by atoms with van der Waals surface area (Å²) >= 11 is 0. The highest BCUT2D eigenvalue weighted by molar-refractivity contribution is 5.92. The van der Waals surface area contributed by atoms with E-state index in [4.69, 9.17) is 14.3 Å². The zero-order valence-electron chi connectivity index (χ0n) is 23.4. The van der Waals surface area contributed by atoms with Crippen LogP contribution in [0.4, 0.5) is 4.79 Å². The van der Waals surface area contributed by atoms with E-state index in [1.807, 2.05) is 19.3 Å². The molecule has 40 heavy (non-hydrogen) atoms. The van der Waals surface area contributed by atoms with Crippen molar-refractivity contribution in [3.05, 3.63) is 42.7 Å². The molecule has 3 fully saturated rings. The van der Waals surface area contributed by atoms with Crippen LogP contribution in [-0.4, -0.2) is 73.3 Å². The molecule has 8 atom stereocenters. The van der Waals surface area contributed by atoms with Gasteiger partial charge in [0.1, 0.15) is 5.60 Å². The Balaban J connectivity index is 0.00000441. The van der Waals surface area contributed by atoms with Gasteiger partial charge in [-0.05, 0) is 44.2 Å². The number of carbonyl (C=O) groups excluding carboxylic acids is 3. The molecule has 12 heteroatoms. The number of nitrogens with one attached hydrogen (secondary N) is 1. The number of nitrogens with zero attached hydrogens (tertiary/aromatic N) is 1. The molecule has 4 N–H and O–H groups in total. The third kappa shape index (κ3) is 4.71. The van der Waals surface area contributed by atoms with Crippen LogP contribution in [0.15, 0.2) is 37.1 Å². The van der Waals surface area contributed by atoms with Crippen LogP contribution in [-0.2, 0) is 30.3 Å². The Morgan fingerprint density at radius 2 is 1.90 bits per heavy atom. The van der Waals surface area contributed by atoms with Crippen LogP contribution in [0.1, 0.15) is 59.6 Å². The molecule has 1 saturated heterocycles. The van der Waals surface area contributed by atoms with Gasteiger partial charge in [-0.25, -0.2) is 9.59 Å². The highest BCUT2D eigenvalue weighted by Crippen LogP contribution is 2.67. The molecule has 222 valence electrons. The fourth-order valence-electron chi connectivity index (χ4n) is 7.40. The Kier molecular flexibility index (Phi) is 8.53. The van der Waals surface area contributed by atoms with E-state index in [0.717, 1.165) is 0 Å². The molecule has 1 aromatic heterocycles. The average molecular weight is 583 g/mol. The maximum absolute atomic E-state index is 13.9. The fraction of sp³-hybridized carbons (Fsp3) is 0.643. The van der Waals surface area contributed by atoms with Crippen molar-refractivity contribution in [2.24, 2.45) is 16.7 Å². The predicted molar refractivity (Wildman–Crippen MR) is 144 cm³/mol. The molecule has 0 spiro atoms. The number of amides is 1. The zero-order valence-corrected chi connectivity index (χ0v) is 24.2. The number of hydroxylamine groups is 1. The zero-order chi connectivity index (χ0) is 29.0. The van der Waals surface area contributed by atoms with Crippen LogP contribution >= 0.6 is 12.4 Å². The Morgan fingerprint density at radius 3 is 2.50 bits per heavy atom. The second-order valence-electron chi connectivity index (χ2n) is 12.2. The summed E-state index contributed by atoms with van der Waals surface area (Å²) in [6.45, 7) is 12.1. The maximum atomic E-state index is 13.9. The van der Waals surface area contributed by atoms with E-state index in [-0.39, 0.29) is 31.7 Å². The van der Waals surface area contributed by atoms with E-state index in [9.17, 15) is 29.7 Å². The number of aliphatic hydroxyl groups excluding tert-OH is 2. The van der Waals surface area contributed by atoms with Crippen molar-refractivity contribution in [3.63, 3.8) is 0 Å². The van der Waals surface area contributed by atoms with Gasteiger partial charge in [0.15, 0.2) is 17.5 Å². The molecule has 0 bridgehead atoms. The largest absolute Gasteiger partial charge is 0.441 e. The van der Waals surface area contributed by atoms with Gasteiger partial charge in [-0.2, -0.15) is 0 Å². The summed E-state index contributed by atoms with van der Waals surface area (Å²) in [6.07, 6.45) is -2.22. The van der Waals surface area contributed by atoms with E-state index >= 15 is 0 Å². The van der Waals surface area contributed by atoms with Crippen LogP contribution in [0.2, 0.25) is 0 Å². The molecule has 0 aromatic carbocycles. The van der Waals surface area contributed by atoms with Crippen molar-refractivity contribution < 1.29 is 44.0 Å². The summed E-state index contributed by atoms with van der Waals surface area (Å²) < 4.78 is 11.9. The molecule has 1 aromatic rings. The van der Waals surface area contributed by atoms with Gasteiger partial charge in [-0.3, -0.25) is 9.78 Å². The van der Waals surface area contributed by atoms with Gasteiger partial charge >= 0.3 is 12.1 Å². The SMILES string of the molecule is C=C[C@@]1(C)CC(=O)[C@]2(O)[C@@]3(C)[C@@H](O)CCC(C)(C)[C@@H]3[C@H](O)[C@H](OC(=O)NOC(=O)Cc3ccccn3)[C@@]2(C)O1.Cl. The fourth-order valence-corrected chi connectivity index (χ4v) is 7.40. The van der Waals surface area contributed by atoms with Gasteiger partial charge in [-0.15, -0.1) is 24.5 Å². The van der Waals surface area contributed by atoms with Crippen molar-refractivity contribution >= 4 is 30.3 Å². The molecule has 11 nitrogen and oxygen atoms in total. The number of hydrogen-bond donors (Lipinski definition) is 4. The van der Waals surface area contributed by atoms with Crippen molar-refractivity contribution in [2.45, 2.75) is 95.4 Å². The average Bonchev–Trinajstić information content (AvgIpc) is 2.86. The predicted octanol–water partition coefficient (Wildman–Crippen LogP) is 2.20. The standard InChI is InChI=1S/C28H38N2O9.ClH/c1-7-25(4)15-18(32)28(36)26(5)17(31)11-12-24(2,3)21(26)20(34)22(27(28,6)39-25)37-23(35)30-38-19(33)14-16-10-8-9-13-29-16;/h7-10,13,17,20-22,31,34,36H,1,11-12,14-15H2,2-6H3,(H,30,35);1H/t17-,20-,21-,22-,25-,26-,27+,28-;/m0./s1. The lowest BCUT2D eigenvalue weighted by molar-refractivity contribution is -0.369. The van der Waals surface area contributed by atoms with Crippen LogP contribution in [0.3, 0.4) is 0 Å². The third-order valence-electron chi connectivity index (χ3n) is 9.26. The Labute approximate surface area is 239 Å². The van der Waals surface area contributed by atoms with E-state index < -0.39 is 69.7 Å². The van der Waals surface area contributed by atoms with E-state index in [1.54, 1.807) is 32.0 Å². The van der Waals surface area contributed by atoms with E-state index in [0.29, 0.717) is 12.1 Å². The summed E-state index contributed by atoms with van der Waals surface area (Å²) in [5.41, 5.74) is -5.51. The maximum Gasteiger partial charge on any atom is 0.441 e. The van der Waals surface area contributed by atoms with Crippen LogP contribution in [0, 0.1) is 16.7 Å². The summed E-state index contributed by atoms with van der Waals surface area (Å²) in [7, 11) is 0. The number of Topliss-reactive ketones (excluding diaryl/α,β-unsaturated/α-hetero) is 1. The number of aliphatic hydroxyl groups is 3. The topological polar surface area (TPSA) is 165 Å². The summed E-state index contributed by atoms with van der Waals surface area (Å²) in [5, 5.41) is 35.5. The molecule has 2 heterocycles. The number of pyridine rings is 1. The minimum Gasteiger partial charge on any atom is -0.438 e. The molecule has 2 saturated carbocycles. The second kappa shape index (κ2) is 10.7.